The Kier molecular flexibility index (Phi) is 2.89. The summed E-state index contributed by atoms with van der Waals surface area (Å²) in [6.45, 7) is 2.87. The molecule has 2 aromatic heterocycles. The lowest BCUT2D eigenvalue weighted by atomic mass is 10.1. The predicted molar refractivity (Wildman–Crippen MR) is 75.7 cm³/mol. The molecule has 0 bridgehead atoms. The molecule has 1 aromatic carbocycles. The van der Waals surface area contributed by atoms with E-state index in [1.165, 1.54) is 10.4 Å². The smallest absolute Gasteiger partial charge is 0.0958 e. The molecule has 0 aliphatic carbocycles. The summed E-state index contributed by atoms with van der Waals surface area (Å²) in [6, 6.07) is 10.3. The van der Waals surface area contributed by atoms with E-state index in [1.54, 1.807) is 11.3 Å². The number of imidazole rings is 1. The van der Waals surface area contributed by atoms with Crippen LogP contribution < -0.4 is 5.73 Å². The van der Waals surface area contributed by atoms with E-state index >= 15 is 0 Å². The number of hydrogen-bond donors (Lipinski definition) is 1. The first-order valence-corrected chi connectivity index (χ1v) is 6.82. The summed E-state index contributed by atoms with van der Waals surface area (Å²) in [5.41, 5.74) is 9.61. The summed E-state index contributed by atoms with van der Waals surface area (Å²) < 4.78 is 2.12. The summed E-state index contributed by atoms with van der Waals surface area (Å²) in [6.07, 6.45) is 1.86. The van der Waals surface area contributed by atoms with Crippen LogP contribution in [0.25, 0.3) is 11.0 Å². The Labute approximate surface area is 110 Å². The van der Waals surface area contributed by atoms with Gasteiger partial charge in [0.05, 0.1) is 17.4 Å². The Hall–Kier alpha value is -1.65. The van der Waals surface area contributed by atoms with Crippen LogP contribution in [0.5, 0.6) is 0 Å². The van der Waals surface area contributed by atoms with Gasteiger partial charge in [0.25, 0.3) is 0 Å². The molecule has 0 radical (unpaired) electrons. The van der Waals surface area contributed by atoms with Crippen molar-refractivity contribution in [2.45, 2.75) is 19.5 Å². The first kappa shape index (κ1) is 11.4. The lowest BCUT2D eigenvalue weighted by Gasteiger charge is -2.11. The van der Waals surface area contributed by atoms with Crippen LogP contribution >= 0.6 is 11.3 Å². The first-order chi connectivity index (χ1) is 8.74. The molecule has 0 aliphatic rings. The molecule has 3 rings (SSSR count). The fourth-order valence-electron chi connectivity index (χ4n) is 2.13. The zero-order valence-corrected chi connectivity index (χ0v) is 11.0. The quantitative estimate of drug-likeness (QED) is 0.783. The van der Waals surface area contributed by atoms with Gasteiger partial charge in [-0.1, -0.05) is 12.1 Å². The van der Waals surface area contributed by atoms with E-state index in [4.69, 9.17) is 5.73 Å². The van der Waals surface area contributed by atoms with Gasteiger partial charge >= 0.3 is 0 Å². The minimum absolute atomic E-state index is 0.0209. The van der Waals surface area contributed by atoms with Crippen LogP contribution in [0, 0.1) is 6.92 Å². The Morgan fingerprint density at radius 1 is 1.39 bits per heavy atom. The lowest BCUT2D eigenvalue weighted by molar-refractivity contribution is 0.590. The third-order valence-electron chi connectivity index (χ3n) is 3.10. The normalized spacial score (nSPS) is 13.0. The molecule has 2 N–H and O–H groups in total. The average molecular weight is 257 g/mol. The van der Waals surface area contributed by atoms with Crippen molar-refractivity contribution in [3.05, 3.63) is 52.5 Å². The van der Waals surface area contributed by atoms with Crippen LogP contribution in [0.4, 0.5) is 0 Å². The SMILES string of the molecule is Cc1cc(C(N)Cn2cnc3ccccc32)cs1. The topological polar surface area (TPSA) is 43.8 Å². The van der Waals surface area contributed by atoms with Crippen molar-refractivity contribution in [2.24, 2.45) is 5.73 Å². The Morgan fingerprint density at radius 3 is 3.00 bits per heavy atom. The molecule has 2 heterocycles. The van der Waals surface area contributed by atoms with E-state index in [9.17, 15) is 0 Å². The molecule has 0 fully saturated rings. The molecule has 0 aliphatic heterocycles. The molecule has 1 unspecified atom stereocenters. The molecule has 0 saturated carbocycles. The van der Waals surface area contributed by atoms with Gasteiger partial charge in [0.15, 0.2) is 0 Å². The fraction of sp³-hybridized carbons (Fsp3) is 0.214. The highest BCUT2D eigenvalue weighted by Crippen LogP contribution is 2.21. The van der Waals surface area contributed by atoms with Gasteiger partial charge in [0.1, 0.15) is 0 Å². The van der Waals surface area contributed by atoms with Crippen molar-refractivity contribution in [1.82, 2.24) is 9.55 Å². The summed E-state index contributed by atoms with van der Waals surface area (Å²) in [7, 11) is 0. The molecule has 1 atom stereocenters. The van der Waals surface area contributed by atoms with Crippen molar-refractivity contribution in [3.63, 3.8) is 0 Å². The summed E-state index contributed by atoms with van der Waals surface area (Å²) in [4.78, 5) is 5.68. The van der Waals surface area contributed by atoms with Crippen molar-refractivity contribution < 1.29 is 0 Å². The molecule has 18 heavy (non-hydrogen) atoms. The largest absolute Gasteiger partial charge is 0.329 e. The number of aromatic nitrogens is 2. The second-order valence-electron chi connectivity index (χ2n) is 4.48. The van der Waals surface area contributed by atoms with Crippen LogP contribution in [-0.4, -0.2) is 9.55 Å². The number of aryl methyl sites for hydroxylation is 1. The minimum Gasteiger partial charge on any atom is -0.329 e. The highest BCUT2D eigenvalue weighted by atomic mass is 32.1. The van der Waals surface area contributed by atoms with Crippen molar-refractivity contribution >= 4 is 22.4 Å². The van der Waals surface area contributed by atoms with E-state index < -0.39 is 0 Å². The van der Waals surface area contributed by atoms with Gasteiger partial charge in [-0.3, -0.25) is 0 Å². The number of thiophene rings is 1. The molecule has 0 spiro atoms. The lowest BCUT2D eigenvalue weighted by Crippen LogP contribution is -2.16. The van der Waals surface area contributed by atoms with Crippen LogP contribution in [0.1, 0.15) is 16.5 Å². The number of para-hydroxylation sites is 2. The maximum absolute atomic E-state index is 6.25. The van der Waals surface area contributed by atoms with E-state index in [0.717, 1.165) is 17.6 Å². The second kappa shape index (κ2) is 4.55. The van der Waals surface area contributed by atoms with Crippen LogP contribution in [0.3, 0.4) is 0 Å². The molecular weight excluding hydrogens is 242 g/mol. The predicted octanol–water partition coefficient (Wildman–Crippen LogP) is 3.11. The number of nitrogens with zero attached hydrogens (tertiary/aromatic N) is 2. The monoisotopic (exact) mass is 257 g/mol. The van der Waals surface area contributed by atoms with Gasteiger partial charge in [0.2, 0.25) is 0 Å². The van der Waals surface area contributed by atoms with Crippen LogP contribution in [-0.2, 0) is 6.54 Å². The van der Waals surface area contributed by atoms with Gasteiger partial charge in [0, 0.05) is 17.5 Å². The minimum atomic E-state index is 0.0209. The van der Waals surface area contributed by atoms with Gasteiger partial charge in [-0.05, 0) is 36.1 Å². The van der Waals surface area contributed by atoms with E-state index in [-0.39, 0.29) is 6.04 Å². The third-order valence-corrected chi connectivity index (χ3v) is 3.98. The number of nitrogens with two attached hydrogens (primary N) is 1. The maximum atomic E-state index is 6.25. The standard InChI is InChI=1S/C14H15N3S/c1-10-6-11(8-18-10)12(15)7-17-9-16-13-4-2-3-5-14(13)17/h2-6,8-9,12H,7,15H2,1H3. The van der Waals surface area contributed by atoms with Gasteiger partial charge in [-0.25, -0.2) is 4.98 Å². The number of fused-ring (bicyclic) bond motifs is 1. The molecular formula is C14H15N3S. The summed E-state index contributed by atoms with van der Waals surface area (Å²) in [5.74, 6) is 0. The van der Waals surface area contributed by atoms with Gasteiger partial charge in [-0.15, -0.1) is 11.3 Å². The molecule has 92 valence electrons. The average Bonchev–Trinajstić information content (AvgIpc) is 2.97. The molecule has 4 heteroatoms. The van der Waals surface area contributed by atoms with E-state index in [0.29, 0.717) is 0 Å². The van der Waals surface area contributed by atoms with E-state index in [1.807, 2.05) is 24.5 Å². The Balaban J connectivity index is 1.88. The number of rotatable bonds is 3. The van der Waals surface area contributed by atoms with Crippen LogP contribution in [0.15, 0.2) is 42.0 Å². The zero-order valence-electron chi connectivity index (χ0n) is 10.2. The van der Waals surface area contributed by atoms with Gasteiger partial charge in [-0.2, -0.15) is 0 Å². The Morgan fingerprint density at radius 2 is 2.22 bits per heavy atom. The molecule has 3 aromatic rings. The summed E-state index contributed by atoms with van der Waals surface area (Å²) >= 11 is 1.74. The van der Waals surface area contributed by atoms with Crippen molar-refractivity contribution in [2.75, 3.05) is 0 Å². The van der Waals surface area contributed by atoms with Gasteiger partial charge < -0.3 is 10.3 Å². The molecule has 0 amide bonds. The third kappa shape index (κ3) is 2.05. The zero-order chi connectivity index (χ0) is 12.5. The highest BCUT2D eigenvalue weighted by molar-refractivity contribution is 7.10. The van der Waals surface area contributed by atoms with Crippen LogP contribution in [0.2, 0.25) is 0 Å². The molecule has 0 saturated heterocycles. The highest BCUT2D eigenvalue weighted by Gasteiger charge is 2.10. The Bertz CT molecular complexity index is 668. The number of hydrogen-bond acceptors (Lipinski definition) is 3. The van der Waals surface area contributed by atoms with Crippen molar-refractivity contribution in [1.29, 1.82) is 0 Å². The van der Waals surface area contributed by atoms with Crippen molar-refractivity contribution in [3.8, 4) is 0 Å². The second-order valence-corrected chi connectivity index (χ2v) is 5.60. The van der Waals surface area contributed by atoms with E-state index in [2.05, 4.69) is 34.0 Å². The summed E-state index contributed by atoms with van der Waals surface area (Å²) in [5, 5.41) is 2.14. The maximum Gasteiger partial charge on any atom is 0.0958 e. The first-order valence-electron chi connectivity index (χ1n) is 5.94. The number of benzene rings is 1. The fourth-order valence-corrected chi connectivity index (χ4v) is 2.90. The molecule has 3 nitrogen and oxygen atoms in total.